The fourth-order valence-corrected chi connectivity index (χ4v) is 3.40. The summed E-state index contributed by atoms with van der Waals surface area (Å²) in [5.41, 5.74) is 0. The van der Waals surface area contributed by atoms with E-state index in [9.17, 15) is 9.59 Å². The lowest BCUT2D eigenvalue weighted by Crippen LogP contribution is -2.41. The van der Waals surface area contributed by atoms with Gasteiger partial charge in [-0.25, -0.2) is 0 Å². The fourth-order valence-electron chi connectivity index (χ4n) is 3.40. The Balaban J connectivity index is 2.45. The van der Waals surface area contributed by atoms with Crippen molar-refractivity contribution in [2.45, 2.75) is 5.79 Å². The number of fused-ring (bicyclic) bond motifs is 2. The molecule has 1 saturated carbocycles. The summed E-state index contributed by atoms with van der Waals surface area (Å²) in [6.45, 7) is 0. The van der Waals surface area contributed by atoms with Crippen LogP contribution in [-0.4, -0.2) is 46.2 Å². The minimum atomic E-state index is -1.00. The SMILES string of the molecule is COC(=O)[C@@H]1[C@H](C(=O)OC)[C@@H]2C=C[C@H]1C2(OC)OC. The summed E-state index contributed by atoms with van der Waals surface area (Å²) in [7, 11) is 5.61. The van der Waals surface area contributed by atoms with Crippen molar-refractivity contribution in [3.8, 4) is 0 Å². The summed E-state index contributed by atoms with van der Waals surface area (Å²) in [4.78, 5) is 24.0. The molecule has 106 valence electrons. The Morgan fingerprint density at radius 3 is 1.47 bits per heavy atom. The zero-order valence-corrected chi connectivity index (χ0v) is 11.4. The predicted octanol–water partition coefficient (Wildman–Crippen LogP) is 0.370. The Labute approximate surface area is 111 Å². The Kier molecular flexibility index (Phi) is 3.64. The molecule has 0 radical (unpaired) electrons. The van der Waals surface area contributed by atoms with E-state index in [0.29, 0.717) is 0 Å². The zero-order valence-electron chi connectivity index (χ0n) is 11.4. The zero-order chi connectivity index (χ0) is 14.2. The summed E-state index contributed by atoms with van der Waals surface area (Å²) >= 11 is 0. The minimum Gasteiger partial charge on any atom is -0.469 e. The number of hydrogen-bond donors (Lipinski definition) is 0. The van der Waals surface area contributed by atoms with Gasteiger partial charge in [-0.1, -0.05) is 12.2 Å². The van der Waals surface area contributed by atoms with Gasteiger partial charge < -0.3 is 18.9 Å². The molecule has 6 heteroatoms. The maximum atomic E-state index is 12.0. The molecule has 0 amide bonds. The van der Waals surface area contributed by atoms with Gasteiger partial charge in [-0.3, -0.25) is 9.59 Å². The Morgan fingerprint density at radius 2 is 1.21 bits per heavy atom. The van der Waals surface area contributed by atoms with Gasteiger partial charge in [0.1, 0.15) is 0 Å². The van der Waals surface area contributed by atoms with Crippen molar-refractivity contribution in [1.29, 1.82) is 0 Å². The molecule has 0 aromatic heterocycles. The molecular formula is C13H18O6. The molecule has 0 aromatic carbocycles. The lowest BCUT2D eigenvalue weighted by molar-refractivity contribution is -0.235. The molecule has 1 fully saturated rings. The van der Waals surface area contributed by atoms with Crippen LogP contribution in [0.15, 0.2) is 12.2 Å². The number of rotatable bonds is 4. The third-order valence-electron chi connectivity index (χ3n) is 4.20. The molecule has 0 heterocycles. The highest BCUT2D eigenvalue weighted by atomic mass is 16.7. The average molecular weight is 270 g/mol. The second-order valence-electron chi connectivity index (χ2n) is 4.66. The van der Waals surface area contributed by atoms with Crippen LogP contribution < -0.4 is 0 Å². The molecule has 2 rings (SSSR count). The number of hydrogen-bond acceptors (Lipinski definition) is 6. The van der Waals surface area contributed by atoms with E-state index in [-0.39, 0.29) is 11.8 Å². The largest absolute Gasteiger partial charge is 0.469 e. The minimum absolute atomic E-state index is 0.357. The van der Waals surface area contributed by atoms with Crippen LogP contribution in [0, 0.1) is 23.7 Å². The van der Waals surface area contributed by atoms with Gasteiger partial charge in [-0.15, -0.1) is 0 Å². The molecule has 0 aromatic rings. The normalized spacial score (nSPS) is 34.3. The van der Waals surface area contributed by atoms with Crippen LogP contribution in [0.3, 0.4) is 0 Å². The molecule has 0 N–H and O–H groups in total. The van der Waals surface area contributed by atoms with E-state index in [0.717, 1.165) is 0 Å². The topological polar surface area (TPSA) is 71.1 Å². The van der Waals surface area contributed by atoms with Crippen molar-refractivity contribution in [3.63, 3.8) is 0 Å². The molecule has 2 aliphatic rings. The summed E-state index contributed by atoms with van der Waals surface area (Å²) in [6.07, 6.45) is 3.69. The Bertz CT molecular complexity index is 377. The van der Waals surface area contributed by atoms with Crippen LogP contribution in [-0.2, 0) is 28.5 Å². The van der Waals surface area contributed by atoms with Crippen molar-refractivity contribution >= 4 is 11.9 Å². The number of ether oxygens (including phenoxy) is 4. The highest BCUT2D eigenvalue weighted by Gasteiger charge is 2.67. The quantitative estimate of drug-likeness (QED) is 0.417. The Hall–Kier alpha value is -1.40. The maximum Gasteiger partial charge on any atom is 0.310 e. The van der Waals surface area contributed by atoms with Crippen LogP contribution in [0.2, 0.25) is 0 Å². The van der Waals surface area contributed by atoms with E-state index in [1.165, 1.54) is 28.4 Å². The first-order valence-electron chi connectivity index (χ1n) is 6.01. The van der Waals surface area contributed by atoms with Gasteiger partial charge >= 0.3 is 11.9 Å². The molecule has 4 atom stereocenters. The molecule has 0 saturated heterocycles. The fraction of sp³-hybridized carbons (Fsp3) is 0.692. The van der Waals surface area contributed by atoms with Gasteiger partial charge in [0.25, 0.3) is 0 Å². The first-order valence-corrected chi connectivity index (χ1v) is 6.01. The standard InChI is InChI=1S/C13H18O6/c1-16-11(14)9-7-5-6-8(10(9)12(15)17-2)13(7,18-3)19-4/h5-10H,1-4H3/t7-,8+,9+,10-. The molecule has 2 aliphatic carbocycles. The lowest BCUT2D eigenvalue weighted by Gasteiger charge is -2.32. The summed E-state index contributed by atoms with van der Waals surface area (Å²) < 4.78 is 20.6. The van der Waals surface area contributed by atoms with Crippen molar-refractivity contribution in [2.24, 2.45) is 23.7 Å². The lowest BCUT2D eigenvalue weighted by atomic mass is 9.83. The van der Waals surface area contributed by atoms with Crippen molar-refractivity contribution in [2.75, 3.05) is 28.4 Å². The molecular weight excluding hydrogens is 252 g/mol. The highest BCUT2D eigenvalue weighted by Crippen LogP contribution is 2.57. The highest BCUT2D eigenvalue weighted by molar-refractivity contribution is 5.85. The van der Waals surface area contributed by atoms with Gasteiger partial charge in [-0.05, 0) is 0 Å². The predicted molar refractivity (Wildman–Crippen MR) is 63.9 cm³/mol. The molecule has 0 aliphatic heterocycles. The van der Waals surface area contributed by atoms with Gasteiger partial charge in [0.2, 0.25) is 0 Å². The number of esters is 2. The van der Waals surface area contributed by atoms with Crippen molar-refractivity contribution in [1.82, 2.24) is 0 Å². The van der Waals surface area contributed by atoms with Crippen LogP contribution >= 0.6 is 0 Å². The first-order chi connectivity index (χ1) is 9.07. The third-order valence-corrected chi connectivity index (χ3v) is 4.20. The number of carbonyl (C=O) groups excluding carboxylic acids is 2. The number of methoxy groups -OCH3 is 4. The monoisotopic (exact) mass is 270 g/mol. The van der Waals surface area contributed by atoms with E-state index in [2.05, 4.69) is 0 Å². The van der Waals surface area contributed by atoms with Crippen molar-refractivity contribution in [3.05, 3.63) is 12.2 Å². The second-order valence-corrected chi connectivity index (χ2v) is 4.66. The second kappa shape index (κ2) is 4.94. The van der Waals surface area contributed by atoms with Crippen LogP contribution in [0.4, 0.5) is 0 Å². The molecule has 6 nitrogen and oxygen atoms in total. The van der Waals surface area contributed by atoms with Crippen LogP contribution in [0.25, 0.3) is 0 Å². The van der Waals surface area contributed by atoms with Gasteiger partial charge in [0.05, 0.1) is 26.1 Å². The van der Waals surface area contributed by atoms with Crippen molar-refractivity contribution < 1.29 is 28.5 Å². The molecule has 0 spiro atoms. The smallest absolute Gasteiger partial charge is 0.310 e. The van der Waals surface area contributed by atoms with E-state index in [4.69, 9.17) is 18.9 Å². The van der Waals surface area contributed by atoms with Crippen LogP contribution in [0.5, 0.6) is 0 Å². The first kappa shape index (κ1) is 14.0. The summed E-state index contributed by atoms with van der Waals surface area (Å²) in [5.74, 6) is -3.92. The number of carbonyl (C=O) groups is 2. The summed E-state index contributed by atoms with van der Waals surface area (Å²) in [5, 5.41) is 0. The van der Waals surface area contributed by atoms with Gasteiger partial charge in [-0.2, -0.15) is 0 Å². The maximum absolute atomic E-state index is 12.0. The van der Waals surface area contributed by atoms with E-state index >= 15 is 0 Å². The van der Waals surface area contributed by atoms with Crippen LogP contribution in [0.1, 0.15) is 0 Å². The Morgan fingerprint density at radius 1 is 0.842 bits per heavy atom. The molecule has 19 heavy (non-hydrogen) atoms. The molecule has 2 bridgehead atoms. The van der Waals surface area contributed by atoms with E-state index in [1.54, 1.807) is 0 Å². The van der Waals surface area contributed by atoms with Gasteiger partial charge in [0.15, 0.2) is 5.79 Å². The summed E-state index contributed by atoms with van der Waals surface area (Å²) in [6, 6.07) is 0. The van der Waals surface area contributed by atoms with E-state index < -0.39 is 29.6 Å². The van der Waals surface area contributed by atoms with E-state index in [1.807, 2.05) is 12.2 Å². The molecule has 0 unspecified atom stereocenters. The van der Waals surface area contributed by atoms with Gasteiger partial charge in [0, 0.05) is 26.1 Å². The average Bonchev–Trinajstić information content (AvgIpc) is 2.95. The third kappa shape index (κ3) is 1.70.